The summed E-state index contributed by atoms with van der Waals surface area (Å²) in [6.07, 6.45) is 6.90. The molecule has 0 saturated carbocycles. The number of halogens is 1. The van der Waals surface area contributed by atoms with Crippen molar-refractivity contribution in [3.8, 4) is 5.00 Å². The van der Waals surface area contributed by atoms with E-state index in [0.717, 1.165) is 18.5 Å². The first-order valence-corrected chi connectivity index (χ1v) is 11.0. The van der Waals surface area contributed by atoms with E-state index in [0.29, 0.717) is 17.3 Å². The largest absolute Gasteiger partial charge is 0.322 e. The Hall–Kier alpha value is -2.24. The molecule has 0 spiro atoms. The van der Waals surface area contributed by atoms with Gasteiger partial charge in [0, 0.05) is 22.3 Å². The Bertz CT molecular complexity index is 1050. The molecule has 144 valence electrons. The van der Waals surface area contributed by atoms with E-state index in [-0.39, 0.29) is 12.1 Å². The Morgan fingerprint density at radius 3 is 2.82 bits per heavy atom. The van der Waals surface area contributed by atoms with Crippen LogP contribution >= 0.6 is 22.9 Å². The van der Waals surface area contributed by atoms with Crippen molar-refractivity contribution in [2.45, 2.75) is 45.2 Å². The van der Waals surface area contributed by atoms with Crippen molar-refractivity contribution in [2.24, 2.45) is 0 Å². The summed E-state index contributed by atoms with van der Waals surface area (Å²) in [6.45, 7) is 2.72. The highest BCUT2D eigenvalue weighted by Gasteiger charge is 2.33. The van der Waals surface area contributed by atoms with Crippen molar-refractivity contribution >= 4 is 34.7 Å². The van der Waals surface area contributed by atoms with E-state index in [1.54, 1.807) is 6.07 Å². The summed E-state index contributed by atoms with van der Waals surface area (Å²) in [5.74, 6) is 0. The van der Waals surface area contributed by atoms with Gasteiger partial charge in [0.05, 0.1) is 23.3 Å². The highest BCUT2D eigenvalue weighted by Crippen LogP contribution is 2.42. The number of fused-ring (bicyclic) bond motifs is 5. The van der Waals surface area contributed by atoms with Crippen LogP contribution in [0.2, 0.25) is 5.02 Å². The van der Waals surface area contributed by atoms with E-state index >= 15 is 0 Å². The van der Waals surface area contributed by atoms with Gasteiger partial charge in [0.2, 0.25) is 0 Å². The van der Waals surface area contributed by atoms with Crippen molar-refractivity contribution in [3.05, 3.63) is 69.3 Å². The minimum absolute atomic E-state index is 0.0312. The van der Waals surface area contributed by atoms with E-state index in [1.165, 1.54) is 33.8 Å². The number of nitrogens with zero attached hydrogens (tertiary/aromatic N) is 2. The van der Waals surface area contributed by atoms with Crippen LogP contribution in [0.15, 0.2) is 42.6 Å². The number of para-hydroxylation sites is 1. The predicted octanol–water partition coefficient (Wildman–Crippen LogP) is 6.18. The van der Waals surface area contributed by atoms with Gasteiger partial charge in [-0.2, -0.15) is 0 Å². The highest BCUT2D eigenvalue weighted by atomic mass is 35.5. The number of hydrogen-bond acceptors (Lipinski definition) is 2. The van der Waals surface area contributed by atoms with Gasteiger partial charge in [-0.3, -0.25) is 0 Å². The number of amides is 2. The van der Waals surface area contributed by atoms with Gasteiger partial charge in [-0.15, -0.1) is 11.3 Å². The van der Waals surface area contributed by atoms with Gasteiger partial charge in [-0.05, 0) is 62.4 Å². The van der Waals surface area contributed by atoms with Crippen LogP contribution in [0, 0.1) is 0 Å². The van der Waals surface area contributed by atoms with Gasteiger partial charge in [-0.25, -0.2) is 4.79 Å². The molecule has 1 aromatic carbocycles. The molecule has 1 unspecified atom stereocenters. The van der Waals surface area contributed by atoms with Crippen LogP contribution in [-0.4, -0.2) is 15.5 Å². The van der Waals surface area contributed by atoms with Crippen LogP contribution in [0.3, 0.4) is 0 Å². The number of aryl methyl sites for hydroxylation is 1. The lowest BCUT2D eigenvalue weighted by Gasteiger charge is -2.28. The smallest absolute Gasteiger partial charge is 0.312 e. The molecule has 0 fully saturated rings. The number of urea groups is 1. The Morgan fingerprint density at radius 2 is 1.96 bits per heavy atom. The number of nitrogens with one attached hydrogen (secondary N) is 1. The zero-order chi connectivity index (χ0) is 19.3. The summed E-state index contributed by atoms with van der Waals surface area (Å²) in [7, 11) is 0. The normalized spacial score (nSPS) is 18.1. The molecule has 5 rings (SSSR count). The molecule has 0 radical (unpaired) electrons. The summed E-state index contributed by atoms with van der Waals surface area (Å²) < 4.78 is 2.28. The van der Waals surface area contributed by atoms with Crippen molar-refractivity contribution < 1.29 is 4.79 Å². The molecule has 3 heterocycles. The number of aromatic nitrogens is 1. The zero-order valence-corrected chi connectivity index (χ0v) is 17.3. The second-order valence-corrected chi connectivity index (χ2v) is 9.00. The number of hydrogen-bond donors (Lipinski definition) is 1. The molecule has 0 saturated heterocycles. The van der Waals surface area contributed by atoms with Gasteiger partial charge in [-0.1, -0.05) is 23.7 Å². The number of rotatable bonds is 1. The minimum Gasteiger partial charge on any atom is -0.312 e. The first kappa shape index (κ1) is 17.8. The van der Waals surface area contributed by atoms with Crippen LogP contribution in [0.4, 0.5) is 10.5 Å². The number of anilines is 1. The molecule has 2 amide bonds. The first-order valence-electron chi connectivity index (χ1n) is 9.76. The quantitative estimate of drug-likeness (QED) is 0.510. The second kappa shape index (κ2) is 6.98. The molecule has 1 aliphatic heterocycles. The molecule has 2 aliphatic rings. The molecule has 1 atom stereocenters. The van der Waals surface area contributed by atoms with E-state index in [2.05, 4.69) is 35.1 Å². The third kappa shape index (κ3) is 2.85. The molecule has 4 nitrogen and oxygen atoms in total. The van der Waals surface area contributed by atoms with Gasteiger partial charge in [0.25, 0.3) is 0 Å². The highest BCUT2D eigenvalue weighted by molar-refractivity contribution is 7.15. The Labute approximate surface area is 173 Å². The van der Waals surface area contributed by atoms with E-state index in [9.17, 15) is 4.79 Å². The molecule has 6 heteroatoms. The molecular weight excluding hydrogens is 390 g/mol. The second-order valence-electron chi connectivity index (χ2n) is 7.51. The predicted molar refractivity (Wildman–Crippen MR) is 115 cm³/mol. The molecule has 3 aromatic rings. The van der Waals surface area contributed by atoms with Gasteiger partial charge in [0.1, 0.15) is 5.00 Å². The average Bonchev–Trinajstić information content (AvgIpc) is 3.29. The fraction of sp³-hybridized carbons (Fsp3) is 0.318. The lowest BCUT2D eigenvalue weighted by molar-refractivity contribution is 0.189. The van der Waals surface area contributed by atoms with Crippen LogP contribution in [0.25, 0.3) is 5.00 Å². The number of benzene rings is 1. The van der Waals surface area contributed by atoms with Crippen molar-refractivity contribution in [3.63, 3.8) is 0 Å². The van der Waals surface area contributed by atoms with Crippen molar-refractivity contribution in [1.82, 2.24) is 9.47 Å². The van der Waals surface area contributed by atoms with Crippen LogP contribution in [-0.2, 0) is 19.4 Å². The fourth-order valence-electron chi connectivity index (χ4n) is 4.36. The number of thiophene rings is 1. The lowest BCUT2D eigenvalue weighted by Crippen LogP contribution is -2.36. The minimum atomic E-state index is -0.114. The summed E-state index contributed by atoms with van der Waals surface area (Å²) in [5, 5.41) is 4.85. The topological polar surface area (TPSA) is 37.3 Å². The zero-order valence-electron chi connectivity index (χ0n) is 15.7. The van der Waals surface area contributed by atoms with Crippen LogP contribution < -0.4 is 5.32 Å². The maximum atomic E-state index is 13.3. The maximum absolute atomic E-state index is 13.3. The SMILES string of the molecule is CC1c2cccn2-c2sc3c(c2CN1C(=O)Nc1ccccc1Cl)CCCC3. The van der Waals surface area contributed by atoms with Crippen molar-refractivity contribution in [1.29, 1.82) is 0 Å². The van der Waals surface area contributed by atoms with E-state index < -0.39 is 0 Å². The molecule has 28 heavy (non-hydrogen) atoms. The van der Waals surface area contributed by atoms with Gasteiger partial charge in [0.15, 0.2) is 0 Å². The molecular formula is C22H22ClN3OS. The van der Waals surface area contributed by atoms with Crippen molar-refractivity contribution in [2.75, 3.05) is 5.32 Å². The number of carbonyl (C=O) groups excluding carboxylic acids is 1. The third-order valence-electron chi connectivity index (χ3n) is 5.86. The Kier molecular flexibility index (Phi) is 4.44. The van der Waals surface area contributed by atoms with E-state index in [4.69, 9.17) is 11.6 Å². The van der Waals surface area contributed by atoms with Gasteiger partial charge >= 0.3 is 6.03 Å². The van der Waals surface area contributed by atoms with E-state index in [1.807, 2.05) is 34.4 Å². The van der Waals surface area contributed by atoms with Crippen LogP contribution in [0.5, 0.6) is 0 Å². The lowest BCUT2D eigenvalue weighted by atomic mass is 9.95. The fourth-order valence-corrected chi connectivity index (χ4v) is 5.95. The summed E-state index contributed by atoms with van der Waals surface area (Å²) >= 11 is 8.17. The summed E-state index contributed by atoms with van der Waals surface area (Å²) in [5.41, 5.74) is 4.58. The maximum Gasteiger partial charge on any atom is 0.322 e. The monoisotopic (exact) mass is 411 g/mol. The van der Waals surface area contributed by atoms with Gasteiger partial charge < -0.3 is 14.8 Å². The molecule has 2 aromatic heterocycles. The Morgan fingerprint density at radius 1 is 1.14 bits per heavy atom. The molecule has 1 aliphatic carbocycles. The summed E-state index contributed by atoms with van der Waals surface area (Å²) in [4.78, 5) is 16.7. The third-order valence-corrected chi connectivity index (χ3v) is 7.52. The molecule has 0 bridgehead atoms. The Balaban J connectivity index is 1.56. The average molecular weight is 412 g/mol. The number of carbonyl (C=O) groups is 1. The first-order chi connectivity index (χ1) is 13.6. The van der Waals surface area contributed by atoms with Crippen LogP contribution in [0.1, 0.15) is 47.5 Å². The summed E-state index contributed by atoms with van der Waals surface area (Å²) in [6, 6.07) is 11.4. The standard InChI is InChI=1S/C22H22ClN3OS/c1-14-19-10-6-12-25(19)21-16(15-7-2-5-11-20(15)28-21)13-26(14)22(27)24-18-9-4-3-8-17(18)23/h3-4,6,8-10,12,14H,2,5,7,11,13H2,1H3,(H,24,27). The molecule has 1 N–H and O–H groups in total.